The molecule has 0 spiro atoms. The van der Waals surface area contributed by atoms with Crippen molar-refractivity contribution in [3.8, 4) is 11.1 Å². The van der Waals surface area contributed by atoms with Gasteiger partial charge in [-0.3, -0.25) is 14.5 Å². The zero-order chi connectivity index (χ0) is 16.8. The molecule has 0 aliphatic carbocycles. The Kier molecular flexibility index (Phi) is 4.81. The van der Waals surface area contributed by atoms with E-state index in [-0.39, 0.29) is 5.91 Å². The van der Waals surface area contributed by atoms with Crippen LogP contribution in [0.4, 0.5) is 0 Å². The molecule has 24 heavy (non-hydrogen) atoms. The van der Waals surface area contributed by atoms with Crippen LogP contribution in [0.1, 0.15) is 11.1 Å². The highest BCUT2D eigenvalue weighted by atomic mass is 16.1. The van der Waals surface area contributed by atoms with Crippen LogP contribution in [-0.2, 0) is 18.4 Å². The number of aromatic nitrogens is 3. The van der Waals surface area contributed by atoms with Gasteiger partial charge in [0, 0.05) is 49.4 Å². The molecule has 0 fully saturated rings. The molecule has 2 aromatic heterocycles. The first kappa shape index (κ1) is 15.7. The number of hydrogen-bond donors (Lipinski definition) is 1. The molecular weight excluding hydrogens is 300 g/mol. The van der Waals surface area contributed by atoms with Crippen molar-refractivity contribution >= 4 is 12.0 Å². The van der Waals surface area contributed by atoms with Gasteiger partial charge in [0.25, 0.3) is 0 Å². The molecule has 0 atom stereocenters. The molecule has 0 bridgehead atoms. The number of carbonyl (C=O) groups is 1. The van der Waals surface area contributed by atoms with E-state index < -0.39 is 0 Å². The van der Waals surface area contributed by atoms with Gasteiger partial charge in [0.1, 0.15) is 0 Å². The third kappa shape index (κ3) is 4.16. The average molecular weight is 318 g/mol. The minimum Gasteiger partial charge on any atom is -0.348 e. The second kappa shape index (κ2) is 7.37. The number of hydrogen-bond acceptors (Lipinski definition) is 3. The summed E-state index contributed by atoms with van der Waals surface area (Å²) >= 11 is 0. The Hall–Kier alpha value is -3.21. The fraction of sp³-hybridized carbons (Fsp3) is 0.105. The van der Waals surface area contributed by atoms with Crippen LogP contribution in [0.25, 0.3) is 17.2 Å². The second-order valence-electron chi connectivity index (χ2n) is 5.45. The summed E-state index contributed by atoms with van der Waals surface area (Å²) < 4.78 is 1.75. The first-order valence-electron chi connectivity index (χ1n) is 7.64. The zero-order valence-electron chi connectivity index (χ0n) is 13.4. The van der Waals surface area contributed by atoms with E-state index in [9.17, 15) is 4.79 Å². The van der Waals surface area contributed by atoms with E-state index in [1.165, 1.54) is 6.08 Å². The Balaban J connectivity index is 1.60. The SMILES string of the molecule is Cn1cc(-c2cncc(CNC(=O)/C=C/c3ccccc3)c2)cn1. The summed E-state index contributed by atoms with van der Waals surface area (Å²) in [4.78, 5) is 16.2. The van der Waals surface area contributed by atoms with E-state index in [2.05, 4.69) is 15.4 Å². The average Bonchev–Trinajstić information content (AvgIpc) is 3.06. The standard InChI is InChI=1S/C19H18N4O/c1-23-14-18(13-22-23)17-9-16(10-20-12-17)11-21-19(24)8-7-15-5-3-2-4-6-15/h2-10,12-14H,11H2,1H3,(H,21,24)/b8-7+. The number of nitrogens with one attached hydrogen (secondary N) is 1. The van der Waals surface area contributed by atoms with Crippen molar-refractivity contribution in [2.75, 3.05) is 0 Å². The lowest BCUT2D eigenvalue weighted by atomic mass is 10.1. The molecule has 1 N–H and O–H groups in total. The lowest BCUT2D eigenvalue weighted by Crippen LogP contribution is -2.20. The summed E-state index contributed by atoms with van der Waals surface area (Å²) in [6.45, 7) is 0.430. The van der Waals surface area contributed by atoms with Crippen molar-refractivity contribution < 1.29 is 4.79 Å². The van der Waals surface area contributed by atoms with Crippen molar-refractivity contribution in [3.05, 3.63) is 78.4 Å². The van der Waals surface area contributed by atoms with Crippen molar-refractivity contribution in [2.24, 2.45) is 7.05 Å². The molecule has 0 aliphatic rings. The van der Waals surface area contributed by atoms with Crippen LogP contribution in [0.2, 0.25) is 0 Å². The lowest BCUT2D eigenvalue weighted by Gasteiger charge is -2.04. The molecule has 5 nitrogen and oxygen atoms in total. The topological polar surface area (TPSA) is 59.8 Å². The smallest absolute Gasteiger partial charge is 0.244 e. The van der Waals surface area contributed by atoms with E-state index in [0.29, 0.717) is 6.54 Å². The molecule has 0 saturated heterocycles. The van der Waals surface area contributed by atoms with Crippen LogP contribution in [0.3, 0.4) is 0 Å². The van der Waals surface area contributed by atoms with E-state index in [1.54, 1.807) is 29.3 Å². The van der Waals surface area contributed by atoms with E-state index in [4.69, 9.17) is 0 Å². The van der Waals surface area contributed by atoms with Gasteiger partial charge in [0.05, 0.1) is 6.20 Å². The quantitative estimate of drug-likeness (QED) is 0.736. The van der Waals surface area contributed by atoms with Gasteiger partial charge in [-0.15, -0.1) is 0 Å². The van der Waals surface area contributed by atoms with Crippen LogP contribution < -0.4 is 5.32 Å². The van der Waals surface area contributed by atoms with E-state index in [1.807, 2.05) is 49.6 Å². The van der Waals surface area contributed by atoms with Gasteiger partial charge < -0.3 is 5.32 Å². The fourth-order valence-corrected chi connectivity index (χ4v) is 2.30. The molecule has 3 rings (SSSR count). The summed E-state index contributed by atoms with van der Waals surface area (Å²) in [6.07, 6.45) is 10.6. The number of amides is 1. The van der Waals surface area contributed by atoms with Crippen molar-refractivity contribution in [1.29, 1.82) is 0 Å². The molecule has 0 unspecified atom stereocenters. The van der Waals surface area contributed by atoms with Crippen LogP contribution in [0, 0.1) is 0 Å². The first-order valence-corrected chi connectivity index (χ1v) is 7.64. The fourth-order valence-electron chi connectivity index (χ4n) is 2.30. The Bertz CT molecular complexity index is 853. The first-order chi connectivity index (χ1) is 11.7. The monoisotopic (exact) mass is 318 g/mol. The van der Waals surface area contributed by atoms with Gasteiger partial charge in [-0.05, 0) is 23.3 Å². The van der Waals surface area contributed by atoms with Gasteiger partial charge in [-0.1, -0.05) is 30.3 Å². The predicted molar refractivity (Wildman–Crippen MR) is 93.8 cm³/mol. The zero-order valence-corrected chi connectivity index (χ0v) is 13.4. The number of aryl methyl sites for hydroxylation is 1. The van der Waals surface area contributed by atoms with Gasteiger partial charge >= 0.3 is 0 Å². The number of nitrogens with zero attached hydrogens (tertiary/aromatic N) is 3. The van der Waals surface area contributed by atoms with Crippen molar-refractivity contribution in [1.82, 2.24) is 20.1 Å². The van der Waals surface area contributed by atoms with Crippen LogP contribution in [-0.4, -0.2) is 20.7 Å². The third-order valence-electron chi connectivity index (χ3n) is 3.53. The Morgan fingerprint density at radius 1 is 1.17 bits per heavy atom. The molecule has 0 radical (unpaired) electrons. The summed E-state index contributed by atoms with van der Waals surface area (Å²) in [6, 6.07) is 11.7. The highest BCUT2D eigenvalue weighted by Gasteiger charge is 2.03. The maximum Gasteiger partial charge on any atom is 0.244 e. The highest BCUT2D eigenvalue weighted by Crippen LogP contribution is 2.18. The normalized spacial score (nSPS) is 10.9. The summed E-state index contributed by atoms with van der Waals surface area (Å²) in [5.74, 6) is -0.134. The van der Waals surface area contributed by atoms with Crippen LogP contribution >= 0.6 is 0 Å². The van der Waals surface area contributed by atoms with Gasteiger partial charge in [-0.2, -0.15) is 5.10 Å². The summed E-state index contributed by atoms with van der Waals surface area (Å²) in [7, 11) is 1.88. The van der Waals surface area contributed by atoms with Gasteiger partial charge in [0.2, 0.25) is 5.91 Å². The number of benzene rings is 1. The molecule has 1 aromatic carbocycles. The maximum absolute atomic E-state index is 11.9. The van der Waals surface area contributed by atoms with Crippen molar-refractivity contribution in [3.63, 3.8) is 0 Å². The third-order valence-corrected chi connectivity index (χ3v) is 3.53. The predicted octanol–water partition coefficient (Wildman–Crippen LogP) is 2.81. The Labute approximate surface area is 140 Å². The largest absolute Gasteiger partial charge is 0.348 e. The van der Waals surface area contributed by atoms with Gasteiger partial charge in [0.15, 0.2) is 0 Å². The van der Waals surface area contributed by atoms with Gasteiger partial charge in [-0.25, -0.2) is 0 Å². The van der Waals surface area contributed by atoms with E-state index >= 15 is 0 Å². The Morgan fingerprint density at radius 3 is 2.75 bits per heavy atom. The second-order valence-corrected chi connectivity index (χ2v) is 5.45. The highest BCUT2D eigenvalue weighted by molar-refractivity contribution is 5.91. The molecular formula is C19H18N4O. The summed E-state index contributed by atoms with van der Waals surface area (Å²) in [5.41, 5.74) is 3.92. The number of rotatable bonds is 5. The van der Waals surface area contributed by atoms with Crippen LogP contribution in [0.15, 0.2) is 67.3 Å². The molecule has 120 valence electrons. The summed E-state index contributed by atoms with van der Waals surface area (Å²) in [5, 5.41) is 7.03. The number of carbonyl (C=O) groups excluding carboxylic acids is 1. The number of pyridine rings is 1. The molecule has 2 heterocycles. The van der Waals surface area contributed by atoms with Crippen LogP contribution in [0.5, 0.6) is 0 Å². The molecule has 3 aromatic rings. The minimum absolute atomic E-state index is 0.134. The van der Waals surface area contributed by atoms with E-state index in [0.717, 1.165) is 22.3 Å². The molecule has 0 saturated carbocycles. The lowest BCUT2D eigenvalue weighted by molar-refractivity contribution is -0.116. The molecule has 1 amide bonds. The Morgan fingerprint density at radius 2 is 2.00 bits per heavy atom. The minimum atomic E-state index is -0.134. The molecule has 0 aliphatic heterocycles. The maximum atomic E-state index is 11.9. The van der Waals surface area contributed by atoms with Crippen molar-refractivity contribution in [2.45, 2.75) is 6.54 Å². The molecule has 5 heteroatoms.